The zero-order valence-corrected chi connectivity index (χ0v) is 19.5. The van der Waals surface area contributed by atoms with Gasteiger partial charge in [-0.2, -0.15) is 5.10 Å². The molecule has 0 radical (unpaired) electrons. The second-order valence-electron chi connectivity index (χ2n) is 8.60. The van der Waals surface area contributed by atoms with Gasteiger partial charge < -0.3 is 4.90 Å². The van der Waals surface area contributed by atoms with E-state index >= 15 is 0 Å². The molecule has 2 heterocycles. The highest BCUT2D eigenvalue weighted by atomic mass is 32.2. The van der Waals surface area contributed by atoms with E-state index in [0.29, 0.717) is 13.0 Å². The molecule has 0 aliphatic carbocycles. The highest BCUT2D eigenvalue weighted by molar-refractivity contribution is 7.91. The molecule has 1 fully saturated rings. The summed E-state index contributed by atoms with van der Waals surface area (Å²) >= 11 is 0. The monoisotopic (exact) mass is 451 g/mol. The third-order valence-electron chi connectivity index (χ3n) is 6.31. The molecule has 168 valence electrons. The van der Waals surface area contributed by atoms with Gasteiger partial charge in [0.1, 0.15) is 0 Å². The maximum Gasteiger partial charge on any atom is 0.234 e. The lowest BCUT2D eigenvalue weighted by Gasteiger charge is -2.25. The smallest absolute Gasteiger partial charge is 0.234 e. The number of likely N-dealkylation sites (N-methyl/N-ethyl adjacent to an activating group) is 1. The van der Waals surface area contributed by atoms with Crippen molar-refractivity contribution in [2.45, 2.75) is 38.8 Å². The SMILES string of the molecule is Cc1nn([C@@H]2CCS(=O)(=O)C2)c(C)c1CN(C)C(=O)C(c1ccccc1)c1ccccc1. The van der Waals surface area contributed by atoms with E-state index in [-0.39, 0.29) is 23.5 Å². The first-order chi connectivity index (χ1) is 15.3. The van der Waals surface area contributed by atoms with Gasteiger partial charge in [0.25, 0.3) is 0 Å². The predicted octanol–water partition coefficient (Wildman–Crippen LogP) is 3.65. The van der Waals surface area contributed by atoms with E-state index in [1.165, 1.54) is 0 Å². The van der Waals surface area contributed by atoms with Crippen LogP contribution in [0.3, 0.4) is 0 Å². The Kier molecular flexibility index (Phi) is 6.20. The number of rotatable bonds is 6. The van der Waals surface area contributed by atoms with Crippen molar-refractivity contribution in [3.8, 4) is 0 Å². The zero-order chi connectivity index (χ0) is 22.9. The van der Waals surface area contributed by atoms with Crippen molar-refractivity contribution >= 4 is 15.7 Å². The molecule has 1 aliphatic rings. The molecule has 1 saturated heterocycles. The van der Waals surface area contributed by atoms with Crippen LogP contribution in [0.25, 0.3) is 0 Å². The largest absolute Gasteiger partial charge is 0.340 e. The van der Waals surface area contributed by atoms with Crippen molar-refractivity contribution in [3.05, 3.63) is 88.7 Å². The first kappa shape index (κ1) is 22.3. The van der Waals surface area contributed by atoms with Gasteiger partial charge in [-0.1, -0.05) is 60.7 Å². The molecule has 7 heteroatoms. The van der Waals surface area contributed by atoms with Crippen molar-refractivity contribution < 1.29 is 13.2 Å². The third-order valence-corrected chi connectivity index (χ3v) is 8.06. The summed E-state index contributed by atoms with van der Waals surface area (Å²) in [6.45, 7) is 4.31. The highest BCUT2D eigenvalue weighted by Crippen LogP contribution is 2.30. The topological polar surface area (TPSA) is 72.3 Å². The maximum absolute atomic E-state index is 13.6. The van der Waals surface area contributed by atoms with Crippen LogP contribution in [-0.2, 0) is 21.2 Å². The first-order valence-electron chi connectivity index (χ1n) is 10.9. The third kappa shape index (κ3) is 4.48. The normalized spacial score (nSPS) is 17.6. The standard InChI is InChI=1S/C25H29N3O3S/c1-18-23(19(2)28(26-18)22-14-15-32(30,31)17-22)16-27(3)25(29)24(20-10-6-4-7-11-20)21-12-8-5-9-13-21/h4-13,22,24H,14-17H2,1-3H3/t22-/m1/s1. The van der Waals surface area contributed by atoms with Crippen molar-refractivity contribution in [3.63, 3.8) is 0 Å². The van der Waals surface area contributed by atoms with Crippen molar-refractivity contribution in [2.24, 2.45) is 0 Å². The summed E-state index contributed by atoms with van der Waals surface area (Å²) in [4.78, 5) is 15.4. The van der Waals surface area contributed by atoms with Crippen LogP contribution in [0.15, 0.2) is 60.7 Å². The molecule has 0 spiro atoms. The number of benzene rings is 2. The van der Waals surface area contributed by atoms with Crippen LogP contribution >= 0.6 is 0 Å². The van der Waals surface area contributed by atoms with Gasteiger partial charge in [-0.15, -0.1) is 0 Å². The number of hydrogen-bond acceptors (Lipinski definition) is 4. The fraction of sp³-hybridized carbons (Fsp3) is 0.360. The van der Waals surface area contributed by atoms with E-state index in [0.717, 1.165) is 28.1 Å². The molecule has 0 saturated carbocycles. The average Bonchev–Trinajstić information content (AvgIpc) is 3.28. The average molecular weight is 452 g/mol. The number of hydrogen-bond donors (Lipinski definition) is 0. The summed E-state index contributed by atoms with van der Waals surface area (Å²) in [5.41, 5.74) is 4.65. The first-order valence-corrected chi connectivity index (χ1v) is 12.7. The molecule has 0 N–H and O–H groups in total. The van der Waals surface area contributed by atoms with E-state index < -0.39 is 15.8 Å². The van der Waals surface area contributed by atoms with Crippen LogP contribution in [0.1, 0.15) is 46.5 Å². The maximum atomic E-state index is 13.6. The van der Waals surface area contributed by atoms with E-state index in [2.05, 4.69) is 5.10 Å². The molecular weight excluding hydrogens is 422 g/mol. The molecule has 1 amide bonds. The fourth-order valence-electron chi connectivity index (χ4n) is 4.55. The molecule has 0 bridgehead atoms. The molecule has 1 aliphatic heterocycles. The lowest BCUT2D eigenvalue weighted by molar-refractivity contribution is -0.131. The molecule has 3 aromatic rings. The number of carbonyl (C=O) groups excluding carboxylic acids is 1. The molecule has 2 aromatic carbocycles. The fourth-order valence-corrected chi connectivity index (χ4v) is 6.25. The van der Waals surface area contributed by atoms with Gasteiger partial charge >= 0.3 is 0 Å². The number of carbonyl (C=O) groups is 1. The summed E-state index contributed by atoms with van der Waals surface area (Å²) in [7, 11) is -1.18. The van der Waals surface area contributed by atoms with Gasteiger partial charge in [-0.05, 0) is 31.4 Å². The van der Waals surface area contributed by atoms with Gasteiger partial charge in [0, 0.05) is 24.8 Å². The van der Waals surface area contributed by atoms with Crippen LogP contribution in [0.4, 0.5) is 0 Å². The summed E-state index contributed by atoms with van der Waals surface area (Å²) in [6, 6.07) is 19.5. The van der Waals surface area contributed by atoms with Crippen LogP contribution in [-0.4, -0.2) is 47.6 Å². The molecule has 1 aromatic heterocycles. The Morgan fingerprint density at radius 2 is 1.62 bits per heavy atom. The van der Waals surface area contributed by atoms with Crippen LogP contribution < -0.4 is 0 Å². The Bertz CT molecular complexity index is 1160. The molecule has 0 unspecified atom stereocenters. The molecular formula is C25H29N3O3S. The van der Waals surface area contributed by atoms with Crippen molar-refractivity contribution in [2.75, 3.05) is 18.6 Å². The van der Waals surface area contributed by atoms with Gasteiger partial charge in [0.2, 0.25) is 5.91 Å². The number of sulfone groups is 1. The minimum Gasteiger partial charge on any atom is -0.340 e. The molecule has 1 atom stereocenters. The summed E-state index contributed by atoms with van der Waals surface area (Å²) in [6.07, 6.45) is 0.586. The number of amides is 1. The summed E-state index contributed by atoms with van der Waals surface area (Å²) in [5.74, 6) is -0.0391. The van der Waals surface area contributed by atoms with Crippen LogP contribution in [0.5, 0.6) is 0 Å². The number of aryl methyl sites for hydroxylation is 1. The van der Waals surface area contributed by atoms with Crippen molar-refractivity contribution in [1.82, 2.24) is 14.7 Å². The lowest BCUT2D eigenvalue weighted by Crippen LogP contribution is -2.32. The Balaban J connectivity index is 1.60. The van der Waals surface area contributed by atoms with Gasteiger partial charge in [-0.3, -0.25) is 9.48 Å². The second kappa shape index (κ2) is 8.90. The number of nitrogens with zero attached hydrogens (tertiary/aromatic N) is 3. The Hall–Kier alpha value is -2.93. The summed E-state index contributed by atoms with van der Waals surface area (Å²) < 4.78 is 25.7. The molecule has 4 rings (SSSR count). The van der Waals surface area contributed by atoms with E-state index in [1.807, 2.05) is 86.2 Å². The van der Waals surface area contributed by atoms with Crippen molar-refractivity contribution in [1.29, 1.82) is 0 Å². The minimum absolute atomic E-state index is 0.0115. The molecule has 6 nitrogen and oxygen atoms in total. The van der Waals surface area contributed by atoms with Gasteiger partial charge in [-0.25, -0.2) is 8.42 Å². The second-order valence-corrected chi connectivity index (χ2v) is 10.8. The highest BCUT2D eigenvalue weighted by Gasteiger charge is 2.32. The zero-order valence-electron chi connectivity index (χ0n) is 18.7. The quantitative estimate of drug-likeness (QED) is 0.574. The lowest BCUT2D eigenvalue weighted by atomic mass is 9.90. The van der Waals surface area contributed by atoms with Crippen LogP contribution in [0.2, 0.25) is 0 Å². The minimum atomic E-state index is -3.00. The van der Waals surface area contributed by atoms with E-state index in [9.17, 15) is 13.2 Å². The van der Waals surface area contributed by atoms with E-state index in [4.69, 9.17) is 0 Å². The van der Waals surface area contributed by atoms with Gasteiger partial charge in [0.15, 0.2) is 9.84 Å². The number of aromatic nitrogens is 2. The van der Waals surface area contributed by atoms with E-state index in [1.54, 1.807) is 4.90 Å². The van der Waals surface area contributed by atoms with Crippen LogP contribution in [0, 0.1) is 13.8 Å². The predicted molar refractivity (Wildman–Crippen MR) is 125 cm³/mol. The molecule has 32 heavy (non-hydrogen) atoms. The van der Waals surface area contributed by atoms with Gasteiger partial charge in [0.05, 0.1) is 29.2 Å². The Morgan fingerprint density at radius 3 is 2.12 bits per heavy atom. The Morgan fingerprint density at radius 1 is 1.06 bits per heavy atom. The summed E-state index contributed by atoms with van der Waals surface area (Å²) in [5, 5.41) is 4.65. The Labute approximate surface area is 189 Å².